The molecule has 2 aromatic carbocycles. The normalized spacial score (nSPS) is 10.3. The quantitative estimate of drug-likeness (QED) is 0.823. The van der Waals surface area contributed by atoms with Gasteiger partial charge in [-0.1, -0.05) is 12.1 Å². The van der Waals surface area contributed by atoms with E-state index in [2.05, 4.69) is 27.9 Å². The zero-order valence-electron chi connectivity index (χ0n) is 8.88. The summed E-state index contributed by atoms with van der Waals surface area (Å²) in [5, 5.41) is 3.18. The Hall–Kier alpha value is -1.17. The molecule has 0 amide bonds. The Bertz CT molecular complexity index is 511. The summed E-state index contributed by atoms with van der Waals surface area (Å²) in [7, 11) is 0. The van der Waals surface area contributed by atoms with Gasteiger partial charge in [-0.25, -0.2) is 8.78 Å². The van der Waals surface area contributed by atoms with E-state index in [0.29, 0.717) is 6.54 Å². The molecule has 0 unspecified atom stereocenters. The summed E-state index contributed by atoms with van der Waals surface area (Å²) in [5.74, 6) is -0.494. The van der Waals surface area contributed by atoms with Gasteiger partial charge < -0.3 is 5.32 Å². The molecule has 17 heavy (non-hydrogen) atoms. The van der Waals surface area contributed by atoms with Gasteiger partial charge in [-0.3, -0.25) is 0 Å². The Labute approximate surface area is 112 Å². The maximum absolute atomic E-state index is 12.9. The van der Waals surface area contributed by atoms with Crippen LogP contribution in [0.25, 0.3) is 0 Å². The van der Waals surface area contributed by atoms with Crippen LogP contribution in [0.4, 0.5) is 14.5 Å². The SMILES string of the molecule is Fc1ccc(CNc2ccc(F)cc2I)cc1. The number of hydrogen-bond acceptors (Lipinski definition) is 1. The van der Waals surface area contributed by atoms with Gasteiger partial charge in [0.2, 0.25) is 0 Å². The molecule has 2 aromatic rings. The van der Waals surface area contributed by atoms with E-state index < -0.39 is 0 Å². The van der Waals surface area contributed by atoms with Crippen molar-refractivity contribution in [3.8, 4) is 0 Å². The Morgan fingerprint density at radius 2 is 1.59 bits per heavy atom. The molecule has 0 bridgehead atoms. The third-order valence-corrected chi connectivity index (χ3v) is 3.22. The molecule has 0 atom stereocenters. The van der Waals surface area contributed by atoms with Crippen molar-refractivity contribution in [2.45, 2.75) is 6.54 Å². The fourth-order valence-electron chi connectivity index (χ4n) is 1.43. The van der Waals surface area contributed by atoms with E-state index in [1.165, 1.54) is 24.3 Å². The molecule has 0 saturated heterocycles. The summed E-state index contributed by atoms with van der Waals surface area (Å²) < 4.78 is 26.4. The minimum absolute atomic E-state index is 0.245. The van der Waals surface area contributed by atoms with Gasteiger partial charge in [-0.05, 0) is 58.5 Å². The van der Waals surface area contributed by atoms with Crippen LogP contribution in [0.3, 0.4) is 0 Å². The monoisotopic (exact) mass is 345 g/mol. The Balaban J connectivity index is 2.04. The Morgan fingerprint density at radius 1 is 0.941 bits per heavy atom. The molecule has 0 saturated carbocycles. The van der Waals surface area contributed by atoms with Gasteiger partial charge in [0.25, 0.3) is 0 Å². The van der Waals surface area contributed by atoms with Gasteiger partial charge in [-0.2, -0.15) is 0 Å². The highest BCUT2D eigenvalue weighted by Crippen LogP contribution is 2.19. The van der Waals surface area contributed by atoms with Gasteiger partial charge in [0.05, 0.1) is 0 Å². The predicted octanol–water partition coefficient (Wildman–Crippen LogP) is 4.18. The number of anilines is 1. The molecule has 88 valence electrons. The smallest absolute Gasteiger partial charge is 0.124 e. The highest BCUT2D eigenvalue weighted by Gasteiger charge is 2.01. The van der Waals surface area contributed by atoms with Crippen LogP contribution < -0.4 is 5.32 Å². The zero-order chi connectivity index (χ0) is 12.3. The van der Waals surface area contributed by atoms with E-state index in [-0.39, 0.29) is 11.6 Å². The Kier molecular flexibility index (Phi) is 3.93. The van der Waals surface area contributed by atoms with Crippen LogP contribution in [0.2, 0.25) is 0 Å². The summed E-state index contributed by atoms with van der Waals surface area (Å²) in [5.41, 5.74) is 1.85. The minimum Gasteiger partial charge on any atom is -0.380 e. The van der Waals surface area contributed by atoms with Crippen LogP contribution in [0, 0.1) is 15.2 Å². The van der Waals surface area contributed by atoms with E-state index in [0.717, 1.165) is 14.8 Å². The maximum Gasteiger partial charge on any atom is 0.124 e. The summed E-state index contributed by atoms with van der Waals surface area (Å²) in [6.07, 6.45) is 0. The molecule has 0 radical (unpaired) electrons. The fraction of sp³-hybridized carbons (Fsp3) is 0.0769. The zero-order valence-corrected chi connectivity index (χ0v) is 11.0. The molecule has 0 aliphatic rings. The van der Waals surface area contributed by atoms with E-state index in [1.807, 2.05) is 0 Å². The summed E-state index contributed by atoms with van der Waals surface area (Å²) in [4.78, 5) is 0. The molecule has 1 nitrogen and oxygen atoms in total. The van der Waals surface area contributed by atoms with Gasteiger partial charge >= 0.3 is 0 Å². The van der Waals surface area contributed by atoms with Crippen LogP contribution in [-0.2, 0) is 6.54 Å². The van der Waals surface area contributed by atoms with Crippen molar-refractivity contribution in [1.29, 1.82) is 0 Å². The van der Waals surface area contributed by atoms with E-state index in [4.69, 9.17) is 0 Å². The van der Waals surface area contributed by atoms with Crippen LogP contribution in [0.15, 0.2) is 42.5 Å². The average Bonchev–Trinajstić information content (AvgIpc) is 2.30. The number of rotatable bonds is 3. The molecule has 0 spiro atoms. The van der Waals surface area contributed by atoms with E-state index >= 15 is 0 Å². The lowest BCUT2D eigenvalue weighted by molar-refractivity contribution is 0.626. The maximum atomic E-state index is 12.9. The highest BCUT2D eigenvalue weighted by molar-refractivity contribution is 14.1. The topological polar surface area (TPSA) is 12.0 Å². The first-order valence-corrected chi connectivity index (χ1v) is 6.16. The first-order valence-electron chi connectivity index (χ1n) is 5.08. The second-order valence-electron chi connectivity index (χ2n) is 3.60. The van der Waals surface area contributed by atoms with Crippen molar-refractivity contribution in [3.63, 3.8) is 0 Å². The largest absolute Gasteiger partial charge is 0.380 e. The molecule has 0 aliphatic carbocycles. The third-order valence-electron chi connectivity index (χ3n) is 2.33. The molecule has 0 fully saturated rings. The molecular formula is C13H10F2IN. The van der Waals surface area contributed by atoms with Crippen LogP contribution in [0.1, 0.15) is 5.56 Å². The lowest BCUT2D eigenvalue weighted by Crippen LogP contribution is -2.01. The molecule has 0 aliphatic heterocycles. The van der Waals surface area contributed by atoms with Crippen LogP contribution in [0.5, 0.6) is 0 Å². The molecule has 0 heterocycles. The van der Waals surface area contributed by atoms with Crippen molar-refractivity contribution in [2.75, 3.05) is 5.32 Å². The molecule has 4 heteroatoms. The third kappa shape index (κ3) is 3.39. The standard InChI is InChI=1S/C13H10F2IN/c14-10-3-1-9(2-4-10)8-17-13-6-5-11(15)7-12(13)16/h1-7,17H,8H2. The Morgan fingerprint density at radius 3 is 2.24 bits per heavy atom. The van der Waals surface area contributed by atoms with Crippen molar-refractivity contribution < 1.29 is 8.78 Å². The van der Waals surface area contributed by atoms with Gasteiger partial charge in [0, 0.05) is 15.8 Å². The van der Waals surface area contributed by atoms with Crippen LogP contribution in [-0.4, -0.2) is 0 Å². The number of benzene rings is 2. The second-order valence-corrected chi connectivity index (χ2v) is 4.77. The number of hydrogen-bond donors (Lipinski definition) is 1. The molecule has 1 N–H and O–H groups in total. The van der Waals surface area contributed by atoms with Gasteiger partial charge in [0.15, 0.2) is 0 Å². The second kappa shape index (κ2) is 5.44. The molecular weight excluding hydrogens is 335 g/mol. The van der Waals surface area contributed by atoms with Gasteiger partial charge in [-0.15, -0.1) is 0 Å². The lowest BCUT2D eigenvalue weighted by Gasteiger charge is -2.08. The molecule has 0 aromatic heterocycles. The first kappa shape index (κ1) is 12.3. The first-order chi connectivity index (χ1) is 8.15. The number of nitrogens with one attached hydrogen (secondary N) is 1. The van der Waals surface area contributed by atoms with Crippen molar-refractivity contribution in [3.05, 3.63) is 63.2 Å². The number of halogens is 3. The van der Waals surface area contributed by atoms with Crippen molar-refractivity contribution in [1.82, 2.24) is 0 Å². The average molecular weight is 345 g/mol. The summed E-state index contributed by atoms with van der Waals surface area (Å²) in [6.45, 7) is 0.585. The van der Waals surface area contributed by atoms with Crippen molar-refractivity contribution >= 4 is 28.3 Å². The fourth-order valence-corrected chi connectivity index (χ4v) is 2.10. The van der Waals surface area contributed by atoms with E-state index in [9.17, 15) is 8.78 Å². The van der Waals surface area contributed by atoms with Crippen molar-refractivity contribution in [2.24, 2.45) is 0 Å². The predicted molar refractivity (Wildman–Crippen MR) is 72.8 cm³/mol. The van der Waals surface area contributed by atoms with Gasteiger partial charge in [0.1, 0.15) is 11.6 Å². The lowest BCUT2D eigenvalue weighted by atomic mass is 10.2. The minimum atomic E-state index is -0.248. The summed E-state index contributed by atoms with van der Waals surface area (Å²) >= 11 is 2.07. The van der Waals surface area contributed by atoms with E-state index in [1.54, 1.807) is 18.2 Å². The molecule has 2 rings (SSSR count). The highest BCUT2D eigenvalue weighted by atomic mass is 127. The van der Waals surface area contributed by atoms with Crippen LogP contribution >= 0.6 is 22.6 Å². The summed E-state index contributed by atoms with van der Waals surface area (Å²) in [6, 6.07) is 10.9.